The Morgan fingerprint density at radius 1 is 1.57 bits per heavy atom. The quantitative estimate of drug-likeness (QED) is 0.609. The molecule has 0 heterocycles. The molecule has 0 aromatic carbocycles. The number of rotatable bonds is 6. The Balaban J connectivity index is 2.07. The van der Waals surface area contributed by atoms with E-state index < -0.39 is 0 Å². The van der Waals surface area contributed by atoms with Gasteiger partial charge in [0, 0.05) is 12.5 Å². The second-order valence-electron chi connectivity index (χ2n) is 4.24. The number of esters is 1. The largest absolute Gasteiger partial charge is 0.469 e. The van der Waals surface area contributed by atoms with Crippen molar-refractivity contribution in [2.45, 2.75) is 38.6 Å². The molecule has 0 amide bonds. The maximum absolute atomic E-state index is 10.9. The van der Waals surface area contributed by atoms with E-state index in [0.29, 0.717) is 12.5 Å². The molecular weight excluding hydrogens is 178 g/mol. The lowest BCUT2D eigenvalue weighted by molar-refractivity contribution is -0.140. The molecule has 0 saturated heterocycles. The fraction of sp³-hybridized carbons (Fsp3) is 0.909. The van der Waals surface area contributed by atoms with Gasteiger partial charge in [0.1, 0.15) is 0 Å². The Morgan fingerprint density at radius 3 is 2.71 bits per heavy atom. The molecule has 0 radical (unpaired) electrons. The van der Waals surface area contributed by atoms with Gasteiger partial charge in [0.25, 0.3) is 0 Å². The molecule has 3 heteroatoms. The molecule has 1 atom stereocenters. The van der Waals surface area contributed by atoms with E-state index >= 15 is 0 Å². The number of hydrogen-bond donors (Lipinski definition) is 0. The molecule has 0 aromatic heterocycles. The summed E-state index contributed by atoms with van der Waals surface area (Å²) in [6.07, 6.45) is 4.20. The Labute approximate surface area is 86.4 Å². The number of hydrogen-bond acceptors (Lipinski definition) is 3. The normalized spacial score (nSPS) is 18.3. The van der Waals surface area contributed by atoms with E-state index in [2.05, 4.69) is 23.6 Å². The predicted octanol–water partition coefficient (Wildman–Crippen LogP) is 1.67. The predicted molar refractivity (Wildman–Crippen MR) is 56.1 cm³/mol. The molecule has 14 heavy (non-hydrogen) atoms. The number of nitrogens with zero attached hydrogens (tertiary/aromatic N) is 1. The highest BCUT2D eigenvalue weighted by molar-refractivity contribution is 5.69. The van der Waals surface area contributed by atoms with Gasteiger partial charge in [0.2, 0.25) is 0 Å². The van der Waals surface area contributed by atoms with Gasteiger partial charge in [0.15, 0.2) is 0 Å². The third-order valence-electron chi connectivity index (χ3n) is 3.12. The molecule has 1 saturated carbocycles. The van der Waals surface area contributed by atoms with Crippen LogP contribution in [0, 0.1) is 5.92 Å². The van der Waals surface area contributed by atoms with Crippen LogP contribution >= 0.6 is 0 Å². The van der Waals surface area contributed by atoms with E-state index in [1.54, 1.807) is 0 Å². The van der Waals surface area contributed by atoms with Crippen LogP contribution in [-0.2, 0) is 9.53 Å². The van der Waals surface area contributed by atoms with Gasteiger partial charge in [-0.3, -0.25) is 4.79 Å². The zero-order valence-corrected chi connectivity index (χ0v) is 9.45. The van der Waals surface area contributed by atoms with Gasteiger partial charge in [-0.1, -0.05) is 0 Å². The standard InChI is InChI=1S/C11H21NO2/c1-9(10-6-7-10)12(2)8-4-5-11(13)14-3/h9-10H,4-8H2,1-3H3. The Kier molecular flexibility index (Phi) is 4.39. The van der Waals surface area contributed by atoms with Gasteiger partial charge in [0.05, 0.1) is 7.11 Å². The van der Waals surface area contributed by atoms with Crippen LogP contribution in [0.1, 0.15) is 32.6 Å². The zero-order chi connectivity index (χ0) is 10.6. The molecule has 82 valence electrons. The minimum Gasteiger partial charge on any atom is -0.469 e. The molecule has 0 aliphatic heterocycles. The van der Waals surface area contributed by atoms with Crippen molar-refractivity contribution in [3.8, 4) is 0 Å². The third kappa shape index (κ3) is 3.66. The molecular formula is C11H21NO2. The van der Waals surface area contributed by atoms with Gasteiger partial charge in [-0.25, -0.2) is 0 Å². The monoisotopic (exact) mass is 199 g/mol. The van der Waals surface area contributed by atoms with E-state index in [9.17, 15) is 4.79 Å². The van der Waals surface area contributed by atoms with Crippen LogP contribution in [0.15, 0.2) is 0 Å². The van der Waals surface area contributed by atoms with Crippen LogP contribution in [0.25, 0.3) is 0 Å². The summed E-state index contributed by atoms with van der Waals surface area (Å²) in [5.41, 5.74) is 0. The number of carbonyl (C=O) groups is 1. The van der Waals surface area contributed by atoms with E-state index in [1.807, 2.05) is 0 Å². The molecule has 1 aliphatic rings. The van der Waals surface area contributed by atoms with E-state index in [1.165, 1.54) is 20.0 Å². The first-order valence-corrected chi connectivity index (χ1v) is 5.42. The molecule has 1 fully saturated rings. The lowest BCUT2D eigenvalue weighted by Crippen LogP contribution is -2.31. The summed E-state index contributed by atoms with van der Waals surface area (Å²) < 4.78 is 4.59. The number of ether oxygens (including phenoxy) is 1. The summed E-state index contributed by atoms with van der Waals surface area (Å²) in [6.45, 7) is 3.27. The van der Waals surface area contributed by atoms with Crippen LogP contribution in [0.2, 0.25) is 0 Å². The summed E-state index contributed by atoms with van der Waals surface area (Å²) in [5, 5.41) is 0. The fourth-order valence-corrected chi connectivity index (χ4v) is 1.72. The molecule has 0 spiro atoms. The number of methoxy groups -OCH3 is 1. The fourth-order valence-electron chi connectivity index (χ4n) is 1.72. The lowest BCUT2D eigenvalue weighted by Gasteiger charge is -2.24. The van der Waals surface area contributed by atoms with Crippen molar-refractivity contribution in [2.75, 3.05) is 20.7 Å². The van der Waals surface area contributed by atoms with E-state index in [-0.39, 0.29) is 5.97 Å². The van der Waals surface area contributed by atoms with Crippen molar-refractivity contribution in [2.24, 2.45) is 5.92 Å². The molecule has 1 unspecified atom stereocenters. The van der Waals surface area contributed by atoms with Gasteiger partial charge in [-0.15, -0.1) is 0 Å². The molecule has 0 bridgehead atoms. The average molecular weight is 199 g/mol. The summed E-state index contributed by atoms with van der Waals surface area (Å²) >= 11 is 0. The first-order chi connectivity index (χ1) is 6.65. The van der Waals surface area contributed by atoms with Gasteiger partial charge in [-0.05, 0) is 45.7 Å². The topological polar surface area (TPSA) is 29.5 Å². The molecule has 1 rings (SSSR count). The summed E-state index contributed by atoms with van der Waals surface area (Å²) in [7, 11) is 3.58. The van der Waals surface area contributed by atoms with Crippen LogP contribution in [-0.4, -0.2) is 37.6 Å². The van der Waals surface area contributed by atoms with Crippen molar-refractivity contribution in [3.63, 3.8) is 0 Å². The smallest absolute Gasteiger partial charge is 0.305 e. The SMILES string of the molecule is COC(=O)CCCN(C)C(C)C1CC1. The van der Waals surface area contributed by atoms with Crippen molar-refractivity contribution in [1.82, 2.24) is 4.90 Å². The summed E-state index contributed by atoms with van der Waals surface area (Å²) in [4.78, 5) is 13.2. The van der Waals surface area contributed by atoms with Crippen LogP contribution in [0.3, 0.4) is 0 Å². The Bertz CT molecular complexity index is 190. The zero-order valence-electron chi connectivity index (χ0n) is 9.45. The van der Waals surface area contributed by atoms with Crippen molar-refractivity contribution < 1.29 is 9.53 Å². The van der Waals surface area contributed by atoms with Crippen molar-refractivity contribution in [1.29, 1.82) is 0 Å². The van der Waals surface area contributed by atoms with Gasteiger partial charge < -0.3 is 9.64 Å². The lowest BCUT2D eigenvalue weighted by atomic mass is 10.2. The molecule has 1 aliphatic carbocycles. The first-order valence-electron chi connectivity index (χ1n) is 5.42. The third-order valence-corrected chi connectivity index (χ3v) is 3.12. The second-order valence-corrected chi connectivity index (χ2v) is 4.24. The molecule has 3 nitrogen and oxygen atoms in total. The van der Waals surface area contributed by atoms with E-state index in [0.717, 1.165) is 18.9 Å². The highest BCUT2D eigenvalue weighted by Gasteiger charge is 2.30. The minimum absolute atomic E-state index is 0.0996. The first kappa shape index (κ1) is 11.5. The van der Waals surface area contributed by atoms with Gasteiger partial charge in [-0.2, -0.15) is 0 Å². The maximum atomic E-state index is 10.9. The molecule has 0 aromatic rings. The van der Waals surface area contributed by atoms with Crippen molar-refractivity contribution >= 4 is 5.97 Å². The molecule has 0 N–H and O–H groups in total. The number of carbonyl (C=O) groups excluding carboxylic acids is 1. The Hall–Kier alpha value is -0.570. The van der Waals surface area contributed by atoms with Crippen molar-refractivity contribution in [3.05, 3.63) is 0 Å². The maximum Gasteiger partial charge on any atom is 0.305 e. The highest BCUT2D eigenvalue weighted by Crippen LogP contribution is 2.34. The summed E-state index contributed by atoms with van der Waals surface area (Å²) in [5.74, 6) is 0.801. The average Bonchev–Trinajstić information content (AvgIpc) is 2.99. The van der Waals surface area contributed by atoms with Crippen LogP contribution in [0.5, 0.6) is 0 Å². The minimum atomic E-state index is -0.0996. The second kappa shape index (κ2) is 5.35. The van der Waals surface area contributed by atoms with Crippen LogP contribution < -0.4 is 0 Å². The van der Waals surface area contributed by atoms with E-state index in [4.69, 9.17) is 0 Å². The Morgan fingerprint density at radius 2 is 2.21 bits per heavy atom. The van der Waals surface area contributed by atoms with Crippen LogP contribution in [0.4, 0.5) is 0 Å². The summed E-state index contributed by atoms with van der Waals surface area (Å²) in [6, 6.07) is 0.674. The highest BCUT2D eigenvalue weighted by atomic mass is 16.5. The van der Waals surface area contributed by atoms with Gasteiger partial charge >= 0.3 is 5.97 Å².